The van der Waals surface area contributed by atoms with E-state index >= 15 is 0 Å². The lowest BCUT2D eigenvalue weighted by molar-refractivity contribution is -0.143. The van der Waals surface area contributed by atoms with Gasteiger partial charge < -0.3 is 20.1 Å². The largest absolute Gasteiger partial charge is 0.493 e. The third-order valence-electron chi connectivity index (χ3n) is 4.06. The number of likely N-dealkylation sites (tertiary alicyclic amines) is 1. The average molecular weight is 355 g/mol. The first-order chi connectivity index (χ1) is 11.4. The molecule has 1 aliphatic rings. The van der Waals surface area contributed by atoms with Crippen molar-refractivity contribution in [1.82, 2.24) is 10.2 Å². The van der Waals surface area contributed by atoms with Crippen LogP contribution in [0.25, 0.3) is 0 Å². The van der Waals surface area contributed by atoms with E-state index in [2.05, 4.69) is 5.32 Å². The van der Waals surface area contributed by atoms with Crippen LogP contribution in [0.1, 0.15) is 25.8 Å². The van der Waals surface area contributed by atoms with Crippen LogP contribution in [0.4, 0.5) is 4.79 Å². The Kier molecular flexibility index (Phi) is 6.31. The highest BCUT2D eigenvalue weighted by Crippen LogP contribution is 2.24. The van der Waals surface area contributed by atoms with Crippen molar-refractivity contribution in [2.45, 2.75) is 26.8 Å². The molecule has 1 fully saturated rings. The van der Waals surface area contributed by atoms with E-state index in [1.807, 2.05) is 19.9 Å². The summed E-state index contributed by atoms with van der Waals surface area (Å²) in [6, 6.07) is 5.02. The van der Waals surface area contributed by atoms with Crippen LogP contribution in [-0.4, -0.2) is 41.7 Å². The maximum atomic E-state index is 12.4. The molecule has 2 atom stereocenters. The minimum Gasteiger partial charge on any atom is -0.493 e. The number of piperidine rings is 1. The van der Waals surface area contributed by atoms with E-state index in [1.54, 1.807) is 17.0 Å². The van der Waals surface area contributed by atoms with E-state index in [-0.39, 0.29) is 18.5 Å². The second-order valence-electron chi connectivity index (χ2n) is 6.12. The number of amides is 2. The molecule has 0 aromatic heterocycles. The van der Waals surface area contributed by atoms with Gasteiger partial charge in [0.2, 0.25) is 0 Å². The van der Waals surface area contributed by atoms with Gasteiger partial charge in [-0.05, 0) is 31.4 Å². The molecule has 0 aliphatic carbocycles. The van der Waals surface area contributed by atoms with Crippen LogP contribution >= 0.6 is 11.6 Å². The van der Waals surface area contributed by atoms with Crippen molar-refractivity contribution in [2.24, 2.45) is 11.8 Å². The molecule has 2 unspecified atom stereocenters. The van der Waals surface area contributed by atoms with Crippen LogP contribution in [0.3, 0.4) is 0 Å². The fourth-order valence-corrected chi connectivity index (χ4v) is 3.11. The fraction of sp³-hybridized carbons (Fsp3) is 0.529. The molecule has 0 bridgehead atoms. The molecule has 24 heavy (non-hydrogen) atoms. The van der Waals surface area contributed by atoms with Crippen molar-refractivity contribution in [2.75, 3.05) is 19.7 Å². The second-order valence-corrected chi connectivity index (χ2v) is 6.56. The summed E-state index contributed by atoms with van der Waals surface area (Å²) in [4.78, 5) is 25.2. The van der Waals surface area contributed by atoms with Gasteiger partial charge in [0.1, 0.15) is 5.75 Å². The van der Waals surface area contributed by atoms with E-state index in [4.69, 9.17) is 16.3 Å². The van der Waals surface area contributed by atoms with Gasteiger partial charge in [0, 0.05) is 30.2 Å². The first-order valence-corrected chi connectivity index (χ1v) is 8.45. The van der Waals surface area contributed by atoms with Crippen LogP contribution in [0, 0.1) is 11.8 Å². The highest BCUT2D eigenvalue weighted by Gasteiger charge is 2.31. The monoisotopic (exact) mass is 354 g/mol. The Balaban J connectivity index is 1.99. The molecule has 7 heteroatoms. The molecule has 0 saturated carbocycles. The fourth-order valence-electron chi connectivity index (χ4n) is 2.94. The molecule has 1 saturated heterocycles. The standard InChI is InChI=1S/C17H23ClN2O4/c1-3-24-15-7-14(18)5-4-12(15)8-19-17(23)20-9-11(2)6-13(10-20)16(21)22/h4-5,7,11,13H,3,6,8-10H2,1-2H3,(H,19,23)(H,21,22). The van der Waals surface area contributed by atoms with E-state index in [0.29, 0.717) is 36.9 Å². The predicted octanol–water partition coefficient (Wildman–Crippen LogP) is 2.99. The summed E-state index contributed by atoms with van der Waals surface area (Å²) in [5.74, 6) is -0.550. The molecular formula is C17H23ClN2O4. The number of nitrogens with one attached hydrogen (secondary N) is 1. The van der Waals surface area contributed by atoms with E-state index in [1.165, 1.54) is 0 Å². The van der Waals surface area contributed by atoms with Gasteiger partial charge in [-0.25, -0.2) is 4.79 Å². The maximum absolute atomic E-state index is 12.4. The van der Waals surface area contributed by atoms with Crippen LogP contribution in [0.5, 0.6) is 5.75 Å². The molecule has 1 heterocycles. The first-order valence-electron chi connectivity index (χ1n) is 8.07. The average Bonchev–Trinajstić information content (AvgIpc) is 2.53. The second kappa shape index (κ2) is 8.24. The van der Waals surface area contributed by atoms with Gasteiger partial charge in [-0.15, -0.1) is 0 Å². The van der Waals surface area contributed by atoms with E-state index in [0.717, 1.165) is 5.56 Å². The zero-order valence-electron chi connectivity index (χ0n) is 13.9. The van der Waals surface area contributed by atoms with Gasteiger partial charge >= 0.3 is 12.0 Å². The summed E-state index contributed by atoms with van der Waals surface area (Å²) >= 11 is 5.97. The lowest BCUT2D eigenvalue weighted by Crippen LogP contribution is -2.49. The van der Waals surface area contributed by atoms with Gasteiger partial charge in [0.05, 0.1) is 12.5 Å². The van der Waals surface area contributed by atoms with Gasteiger partial charge in [-0.3, -0.25) is 4.79 Å². The van der Waals surface area contributed by atoms with Crippen molar-refractivity contribution < 1.29 is 19.4 Å². The minimum absolute atomic E-state index is 0.167. The van der Waals surface area contributed by atoms with E-state index in [9.17, 15) is 14.7 Å². The van der Waals surface area contributed by atoms with Gasteiger partial charge in [-0.2, -0.15) is 0 Å². The summed E-state index contributed by atoms with van der Waals surface area (Å²) in [5.41, 5.74) is 0.828. The number of carbonyl (C=O) groups excluding carboxylic acids is 1. The molecular weight excluding hydrogens is 332 g/mol. The zero-order chi connectivity index (χ0) is 17.7. The van der Waals surface area contributed by atoms with Crippen molar-refractivity contribution in [1.29, 1.82) is 0 Å². The van der Waals surface area contributed by atoms with Crippen molar-refractivity contribution in [3.05, 3.63) is 28.8 Å². The Hall–Kier alpha value is -1.95. The molecule has 2 amide bonds. The molecule has 6 nitrogen and oxygen atoms in total. The van der Waals surface area contributed by atoms with Gasteiger partial charge in [0.15, 0.2) is 0 Å². The Morgan fingerprint density at radius 1 is 1.42 bits per heavy atom. The molecule has 1 aromatic rings. The number of rotatable bonds is 5. The molecule has 132 valence electrons. The maximum Gasteiger partial charge on any atom is 0.317 e. The number of carbonyl (C=O) groups is 2. The van der Waals surface area contributed by atoms with Crippen molar-refractivity contribution in [3.8, 4) is 5.75 Å². The number of nitrogens with zero attached hydrogens (tertiary/aromatic N) is 1. The number of benzene rings is 1. The summed E-state index contributed by atoms with van der Waals surface area (Å²) in [7, 11) is 0. The highest BCUT2D eigenvalue weighted by molar-refractivity contribution is 6.30. The third-order valence-corrected chi connectivity index (χ3v) is 4.29. The quantitative estimate of drug-likeness (QED) is 0.852. The molecule has 0 radical (unpaired) electrons. The number of halogens is 1. The number of aliphatic carboxylic acids is 1. The number of ether oxygens (including phenoxy) is 1. The molecule has 2 rings (SSSR count). The summed E-state index contributed by atoms with van der Waals surface area (Å²) in [5, 5.41) is 12.6. The zero-order valence-corrected chi connectivity index (χ0v) is 14.7. The van der Waals surface area contributed by atoms with Gasteiger partial charge in [0.25, 0.3) is 0 Å². The Bertz CT molecular complexity index is 608. The van der Waals surface area contributed by atoms with Crippen LogP contribution in [0.15, 0.2) is 18.2 Å². The topological polar surface area (TPSA) is 78.9 Å². The third kappa shape index (κ3) is 4.77. The normalized spacial score (nSPS) is 20.5. The SMILES string of the molecule is CCOc1cc(Cl)ccc1CNC(=O)N1CC(C)CC(C(=O)O)C1. The predicted molar refractivity (Wildman–Crippen MR) is 91.3 cm³/mol. The lowest BCUT2D eigenvalue weighted by Gasteiger charge is -2.34. The molecule has 0 spiro atoms. The number of urea groups is 1. The highest BCUT2D eigenvalue weighted by atomic mass is 35.5. The number of hydrogen-bond donors (Lipinski definition) is 2. The first kappa shape index (κ1) is 18.4. The summed E-state index contributed by atoms with van der Waals surface area (Å²) in [6.45, 7) is 5.45. The Labute approximate surface area is 146 Å². The Morgan fingerprint density at radius 3 is 2.83 bits per heavy atom. The molecule has 1 aliphatic heterocycles. The number of carboxylic acids is 1. The number of hydrogen-bond acceptors (Lipinski definition) is 3. The van der Waals surface area contributed by atoms with Crippen LogP contribution in [0.2, 0.25) is 5.02 Å². The summed E-state index contributed by atoms with van der Waals surface area (Å²) < 4.78 is 5.53. The lowest BCUT2D eigenvalue weighted by atomic mass is 9.91. The van der Waals surface area contributed by atoms with Crippen molar-refractivity contribution in [3.63, 3.8) is 0 Å². The van der Waals surface area contributed by atoms with Crippen LogP contribution in [-0.2, 0) is 11.3 Å². The van der Waals surface area contributed by atoms with Crippen LogP contribution < -0.4 is 10.1 Å². The Morgan fingerprint density at radius 2 is 2.17 bits per heavy atom. The van der Waals surface area contributed by atoms with Gasteiger partial charge in [-0.1, -0.05) is 24.6 Å². The number of carboxylic acid groups (broad SMARTS) is 1. The smallest absolute Gasteiger partial charge is 0.317 e. The summed E-state index contributed by atoms with van der Waals surface area (Å²) in [6.07, 6.45) is 0.602. The minimum atomic E-state index is -0.851. The molecule has 2 N–H and O–H groups in total. The van der Waals surface area contributed by atoms with Crippen molar-refractivity contribution >= 4 is 23.6 Å². The molecule has 1 aromatic carbocycles. The van der Waals surface area contributed by atoms with E-state index < -0.39 is 11.9 Å².